The number of rotatable bonds is 2. The van der Waals surface area contributed by atoms with Crippen molar-refractivity contribution < 1.29 is 17.7 Å². The lowest BCUT2D eigenvalue weighted by atomic mass is 10.2. The number of anilines is 1. The Morgan fingerprint density at radius 1 is 1.17 bits per heavy atom. The summed E-state index contributed by atoms with van der Waals surface area (Å²) in [6.07, 6.45) is -0.609. The van der Waals surface area contributed by atoms with Gasteiger partial charge in [-0.15, -0.1) is 11.3 Å². The van der Waals surface area contributed by atoms with Crippen LogP contribution in [0.2, 0.25) is 0 Å². The molecule has 2 aromatic heterocycles. The van der Waals surface area contributed by atoms with Crippen LogP contribution in [0.25, 0.3) is 11.1 Å². The van der Waals surface area contributed by atoms with Crippen molar-refractivity contribution in [1.82, 2.24) is 4.57 Å². The molecule has 0 spiro atoms. The van der Waals surface area contributed by atoms with Gasteiger partial charge in [0.05, 0.1) is 11.3 Å². The van der Waals surface area contributed by atoms with Crippen molar-refractivity contribution in [3.05, 3.63) is 73.4 Å². The molecular formula is C21H19F3N3OS2+. The van der Waals surface area contributed by atoms with E-state index in [1.54, 1.807) is 22.6 Å². The number of nitrogens with zero attached hydrogens (tertiary/aromatic N) is 3. The van der Waals surface area contributed by atoms with Gasteiger partial charge < -0.3 is 4.90 Å². The molecule has 1 aromatic carbocycles. The molecule has 0 bridgehead atoms. The fourth-order valence-corrected chi connectivity index (χ4v) is 5.97. The second-order valence-corrected chi connectivity index (χ2v) is 8.85. The van der Waals surface area contributed by atoms with Gasteiger partial charge in [-0.05, 0) is 25.1 Å². The van der Waals surface area contributed by atoms with E-state index in [0.29, 0.717) is 21.8 Å². The number of hydrogen-bond acceptors (Lipinski definition) is 4. The molecule has 3 aromatic rings. The van der Waals surface area contributed by atoms with E-state index >= 15 is 0 Å². The zero-order valence-corrected chi connectivity index (χ0v) is 18.2. The topological polar surface area (TPSA) is 29.1 Å². The third kappa shape index (κ3) is 3.45. The summed E-state index contributed by atoms with van der Waals surface area (Å²) >= 11 is 2.31. The highest BCUT2D eigenvalue weighted by Gasteiger charge is 2.38. The first-order chi connectivity index (χ1) is 14.2. The number of aromatic nitrogens is 2. The number of fused-ring (bicyclic) bond motifs is 1. The van der Waals surface area contributed by atoms with Crippen LogP contribution in [0.3, 0.4) is 0 Å². The van der Waals surface area contributed by atoms with Gasteiger partial charge in [-0.25, -0.2) is 4.57 Å². The van der Waals surface area contributed by atoms with Crippen LogP contribution in [0.1, 0.15) is 18.2 Å². The number of aryl methyl sites for hydroxylation is 1. The molecule has 0 aliphatic carbocycles. The average Bonchev–Trinajstić information content (AvgIpc) is 3.19. The fraction of sp³-hybridized carbons (Fsp3) is 0.238. The minimum Gasteiger partial charge on any atom is -0.337 e. The minimum atomic E-state index is -4.45. The molecule has 0 atom stereocenters. The Labute approximate surface area is 179 Å². The first-order valence-electron chi connectivity index (χ1n) is 9.24. The smallest absolute Gasteiger partial charge is 0.337 e. The first-order valence-corrected chi connectivity index (χ1v) is 10.9. The molecule has 0 saturated carbocycles. The van der Waals surface area contributed by atoms with E-state index in [-0.39, 0.29) is 10.5 Å². The van der Waals surface area contributed by atoms with Crippen molar-refractivity contribution >= 4 is 39.9 Å². The molecule has 156 valence electrons. The van der Waals surface area contributed by atoms with Gasteiger partial charge in [0.15, 0.2) is 6.20 Å². The lowest BCUT2D eigenvalue weighted by Gasteiger charge is -2.13. The fourth-order valence-electron chi connectivity index (χ4n) is 3.37. The summed E-state index contributed by atoms with van der Waals surface area (Å²) < 4.78 is 45.2. The SMILES string of the molecule is CCn1c(=O)/c(=C2\Sc3c(cccc3C(F)(F)F)N2C)s/c1=C\c1cccc[n+]1C. The maximum Gasteiger partial charge on any atom is 0.417 e. The molecule has 0 unspecified atom stereocenters. The number of hydrogen-bond donors (Lipinski definition) is 0. The van der Waals surface area contributed by atoms with Gasteiger partial charge in [-0.2, -0.15) is 13.2 Å². The van der Waals surface area contributed by atoms with Gasteiger partial charge in [0.25, 0.3) is 5.56 Å². The molecule has 4 rings (SSSR count). The summed E-state index contributed by atoms with van der Waals surface area (Å²) in [6.45, 7) is 2.35. The van der Waals surface area contributed by atoms with Gasteiger partial charge >= 0.3 is 6.18 Å². The maximum atomic E-state index is 13.5. The molecule has 0 fully saturated rings. The van der Waals surface area contributed by atoms with Gasteiger partial charge in [0, 0.05) is 36.7 Å². The summed E-state index contributed by atoms with van der Waals surface area (Å²) in [6, 6.07) is 9.90. The van der Waals surface area contributed by atoms with Crippen LogP contribution in [-0.4, -0.2) is 11.6 Å². The Morgan fingerprint density at radius 3 is 2.60 bits per heavy atom. The number of halogens is 3. The van der Waals surface area contributed by atoms with Crippen LogP contribution in [0, 0.1) is 0 Å². The Morgan fingerprint density at radius 2 is 1.93 bits per heavy atom. The molecule has 0 radical (unpaired) electrons. The van der Waals surface area contributed by atoms with E-state index in [4.69, 9.17) is 0 Å². The van der Waals surface area contributed by atoms with E-state index in [1.807, 2.05) is 49.0 Å². The average molecular weight is 451 g/mol. The van der Waals surface area contributed by atoms with Gasteiger partial charge in [-0.1, -0.05) is 17.8 Å². The molecule has 0 N–H and O–H groups in total. The third-order valence-electron chi connectivity index (χ3n) is 4.95. The maximum absolute atomic E-state index is 13.5. The van der Waals surface area contributed by atoms with E-state index in [0.717, 1.165) is 28.2 Å². The number of thiazole rings is 1. The Balaban J connectivity index is 1.95. The first kappa shape index (κ1) is 20.7. The van der Waals surface area contributed by atoms with Crippen molar-refractivity contribution in [2.24, 2.45) is 7.05 Å². The predicted molar refractivity (Wildman–Crippen MR) is 114 cm³/mol. The van der Waals surface area contributed by atoms with Crippen LogP contribution in [-0.2, 0) is 19.8 Å². The largest absolute Gasteiger partial charge is 0.417 e. The van der Waals surface area contributed by atoms with Crippen LogP contribution < -0.4 is 24.2 Å². The van der Waals surface area contributed by atoms with E-state index < -0.39 is 11.7 Å². The Hall–Kier alpha value is -2.52. The normalized spacial score (nSPS) is 16.3. The highest BCUT2D eigenvalue weighted by atomic mass is 32.2. The predicted octanol–water partition coefficient (Wildman–Crippen LogP) is 2.91. The molecule has 3 heterocycles. The van der Waals surface area contributed by atoms with Crippen LogP contribution >= 0.6 is 23.1 Å². The van der Waals surface area contributed by atoms with E-state index in [2.05, 4.69) is 0 Å². The Bertz CT molecular complexity index is 1310. The summed E-state index contributed by atoms with van der Waals surface area (Å²) in [4.78, 5) is 14.9. The molecule has 9 heteroatoms. The second kappa shape index (κ2) is 7.63. The van der Waals surface area contributed by atoms with E-state index in [9.17, 15) is 18.0 Å². The van der Waals surface area contributed by atoms with Crippen LogP contribution in [0.5, 0.6) is 0 Å². The van der Waals surface area contributed by atoms with Crippen LogP contribution in [0.15, 0.2) is 52.3 Å². The summed E-state index contributed by atoms with van der Waals surface area (Å²) in [5.74, 6) is 0. The lowest BCUT2D eigenvalue weighted by Crippen LogP contribution is -2.34. The number of thioether (sulfide) groups is 1. The number of pyridine rings is 1. The number of alkyl halides is 3. The second-order valence-electron chi connectivity index (χ2n) is 6.82. The highest BCUT2D eigenvalue weighted by Crippen LogP contribution is 2.50. The standard InChI is InChI=1S/C21H19F3N3OS2/c1-4-27-16(12-13-8-5-6-11-25(13)2)29-18(19(27)28)20-26(3)15-10-7-9-14(17(15)30-20)21(22,23)24/h5-12H,4H2,1-3H3/q+1/b20-18+. The monoisotopic (exact) mass is 450 g/mol. The minimum absolute atomic E-state index is 0.137. The molecular weight excluding hydrogens is 431 g/mol. The Kier molecular flexibility index (Phi) is 5.27. The zero-order chi connectivity index (χ0) is 21.6. The highest BCUT2D eigenvalue weighted by molar-refractivity contribution is 8.08. The molecule has 4 nitrogen and oxygen atoms in total. The molecule has 1 aliphatic heterocycles. The zero-order valence-electron chi connectivity index (χ0n) is 16.5. The van der Waals surface area contributed by atoms with Gasteiger partial charge in [-0.3, -0.25) is 9.36 Å². The summed E-state index contributed by atoms with van der Waals surface area (Å²) in [7, 11) is 3.61. The van der Waals surface area contributed by atoms with Crippen molar-refractivity contribution in [3.8, 4) is 0 Å². The molecule has 30 heavy (non-hydrogen) atoms. The number of benzene rings is 1. The molecule has 1 aliphatic rings. The summed E-state index contributed by atoms with van der Waals surface area (Å²) in [5.41, 5.74) is 0.513. The van der Waals surface area contributed by atoms with Crippen molar-refractivity contribution in [2.75, 3.05) is 11.9 Å². The van der Waals surface area contributed by atoms with Crippen LogP contribution in [0.4, 0.5) is 18.9 Å². The molecule has 0 saturated heterocycles. The van der Waals surface area contributed by atoms with Crippen molar-refractivity contribution in [1.29, 1.82) is 0 Å². The van der Waals surface area contributed by atoms with E-state index in [1.165, 1.54) is 17.4 Å². The van der Waals surface area contributed by atoms with Gasteiger partial charge in [0.2, 0.25) is 5.69 Å². The summed E-state index contributed by atoms with van der Waals surface area (Å²) in [5, 5.41) is 0.524. The third-order valence-corrected chi connectivity index (χ3v) is 7.51. The van der Waals surface area contributed by atoms with Crippen molar-refractivity contribution in [3.63, 3.8) is 0 Å². The molecule has 0 amide bonds. The van der Waals surface area contributed by atoms with Crippen molar-refractivity contribution in [2.45, 2.75) is 24.5 Å². The quantitative estimate of drug-likeness (QED) is 0.563. The van der Waals surface area contributed by atoms with Gasteiger partial charge in [0.1, 0.15) is 21.3 Å². The lowest BCUT2D eigenvalue weighted by molar-refractivity contribution is -0.673.